The zero-order valence-corrected chi connectivity index (χ0v) is 11.7. The summed E-state index contributed by atoms with van der Waals surface area (Å²) in [5.41, 5.74) is 4.90. The molecule has 1 aromatic heterocycles. The monoisotopic (exact) mass is 294 g/mol. The number of nitrogens with zero attached hydrogens (tertiary/aromatic N) is 3. The lowest BCUT2D eigenvalue weighted by Gasteiger charge is -2.02. The number of carbonyl (C=O) groups excluding carboxylic acids is 1. The Morgan fingerprint density at radius 3 is 3.00 bits per heavy atom. The predicted octanol–water partition coefficient (Wildman–Crippen LogP) is 1.89. The maximum atomic E-state index is 11.9. The molecule has 1 amide bonds. The standard InChI is InChI=1S/C16H14N4O2/c21-13-5-3-4-12(8-13)9-18-19-16(22)10-20-11-17-14-6-1-2-7-15(14)20/h1-9,11,21H,10H2,(H,19,22). The molecule has 0 aliphatic rings. The molecule has 0 atom stereocenters. The third-order valence-corrected chi connectivity index (χ3v) is 3.11. The first-order chi connectivity index (χ1) is 10.7. The zero-order valence-electron chi connectivity index (χ0n) is 11.7. The van der Waals surface area contributed by atoms with E-state index >= 15 is 0 Å². The normalized spacial score (nSPS) is 11.1. The van der Waals surface area contributed by atoms with Crippen molar-refractivity contribution < 1.29 is 9.90 Å². The number of hydrogen-bond donors (Lipinski definition) is 2. The van der Waals surface area contributed by atoms with Gasteiger partial charge in [-0.3, -0.25) is 4.79 Å². The van der Waals surface area contributed by atoms with Crippen molar-refractivity contribution in [1.82, 2.24) is 15.0 Å². The molecule has 0 aliphatic carbocycles. The Bertz CT molecular complexity index is 839. The molecule has 0 radical (unpaired) electrons. The van der Waals surface area contributed by atoms with Crippen molar-refractivity contribution in [3.63, 3.8) is 0 Å². The number of phenolic OH excluding ortho intramolecular Hbond substituents is 1. The number of benzene rings is 2. The summed E-state index contributed by atoms with van der Waals surface area (Å²) in [6.45, 7) is 0.137. The number of aromatic hydroxyl groups is 1. The summed E-state index contributed by atoms with van der Waals surface area (Å²) < 4.78 is 1.76. The Kier molecular flexibility index (Phi) is 3.82. The summed E-state index contributed by atoms with van der Waals surface area (Å²) >= 11 is 0. The summed E-state index contributed by atoms with van der Waals surface area (Å²) in [7, 11) is 0. The van der Waals surface area contributed by atoms with Crippen LogP contribution in [0.25, 0.3) is 11.0 Å². The summed E-state index contributed by atoms with van der Waals surface area (Å²) in [5, 5.41) is 13.2. The first kappa shape index (κ1) is 13.8. The summed E-state index contributed by atoms with van der Waals surface area (Å²) in [4.78, 5) is 16.1. The molecule has 2 aromatic carbocycles. The average molecular weight is 294 g/mol. The van der Waals surface area contributed by atoms with Crippen LogP contribution in [-0.2, 0) is 11.3 Å². The zero-order chi connectivity index (χ0) is 15.4. The molecule has 0 saturated heterocycles. The van der Waals surface area contributed by atoms with Crippen molar-refractivity contribution in [2.75, 3.05) is 0 Å². The summed E-state index contributed by atoms with van der Waals surface area (Å²) in [5.74, 6) is -0.0975. The molecule has 3 aromatic rings. The SMILES string of the molecule is O=C(Cn1cnc2ccccc21)NN=Cc1cccc(O)c1. The first-order valence-electron chi connectivity index (χ1n) is 6.73. The van der Waals surface area contributed by atoms with Gasteiger partial charge in [-0.1, -0.05) is 24.3 Å². The molecule has 0 spiro atoms. The molecular weight excluding hydrogens is 280 g/mol. The predicted molar refractivity (Wildman–Crippen MR) is 83.6 cm³/mol. The number of hydrogen-bond acceptors (Lipinski definition) is 4. The Labute approximate surface area is 126 Å². The van der Waals surface area contributed by atoms with E-state index in [1.54, 1.807) is 35.2 Å². The van der Waals surface area contributed by atoms with E-state index in [2.05, 4.69) is 15.5 Å². The van der Waals surface area contributed by atoms with Crippen molar-refractivity contribution in [1.29, 1.82) is 0 Å². The summed E-state index contributed by atoms with van der Waals surface area (Å²) in [6.07, 6.45) is 3.10. The highest BCUT2D eigenvalue weighted by Crippen LogP contribution is 2.11. The van der Waals surface area contributed by atoms with E-state index in [4.69, 9.17) is 0 Å². The van der Waals surface area contributed by atoms with Gasteiger partial charge in [0.15, 0.2) is 0 Å². The van der Waals surface area contributed by atoms with Gasteiger partial charge in [0.2, 0.25) is 0 Å². The van der Waals surface area contributed by atoms with E-state index in [0.717, 1.165) is 11.0 Å². The molecule has 3 rings (SSSR count). The number of amides is 1. The fourth-order valence-electron chi connectivity index (χ4n) is 2.11. The lowest BCUT2D eigenvalue weighted by Crippen LogP contribution is -2.22. The van der Waals surface area contributed by atoms with Crippen LogP contribution in [0, 0.1) is 0 Å². The van der Waals surface area contributed by atoms with Crippen molar-refractivity contribution in [2.24, 2.45) is 5.10 Å². The maximum absolute atomic E-state index is 11.9. The van der Waals surface area contributed by atoms with Crippen LogP contribution < -0.4 is 5.43 Å². The minimum absolute atomic E-state index is 0.137. The molecule has 6 nitrogen and oxygen atoms in total. The molecule has 0 saturated carbocycles. The second-order valence-electron chi connectivity index (χ2n) is 4.75. The number of nitrogens with one attached hydrogen (secondary N) is 1. The average Bonchev–Trinajstić information content (AvgIpc) is 2.91. The minimum atomic E-state index is -0.250. The van der Waals surface area contributed by atoms with E-state index in [1.165, 1.54) is 6.21 Å². The van der Waals surface area contributed by atoms with E-state index in [9.17, 15) is 9.90 Å². The van der Waals surface area contributed by atoms with Crippen molar-refractivity contribution in [2.45, 2.75) is 6.54 Å². The van der Waals surface area contributed by atoms with Gasteiger partial charge in [0.1, 0.15) is 12.3 Å². The van der Waals surface area contributed by atoms with Gasteiger partial charge in [-0.2, -0.15) is 5.10 Å². The fourth-order valence-corrected chi connectivity index (χ4v) is 2.11. The lowest BCUT2D eigenvalue weighted by molar-refractivity contribution is -0.121. The van der Waals surface area contributed by atoms with Gasteiger partial charge in [-0.05, 0) is 29.8 Å². The van der Waals surface area contributed by atoms with Gasteiger partial charge in [-0.15, -0.1) is 0 Å². The maximum Gasteiger partial charge on any atom is 0.260 e. The fraction of sp³-hybridized carbons (Fsp3) is 0.0625. The van der Waals surface area contributed by atoms with Crippen molar-refractivity contribution in [3.05, 3.63) is 60.4 Å². The van der Waals surface area contributed by atoms with Crippen molar-refractivity contribution >= 4 is 23.2 Å². The van der Waals surface area contributed by atoms with Gasteiger partial charge in [0.25, 0.3) is 5.91 Å². The van der Waals surface area contributed by atoms with Gasteiger partial charge in [0.05, 0.1) is 23.6 Å². The van der Waals surface area contributed by atoms with Crippen LogP contribution in [0.1, 0.15) is 5.56 Å². The minimum Gasteiger partial charge on any atom is -0.508 e. The molecule has 110 valence electrons. The van der Waals surface area contributed by atoms with Gasteiger partial charge in [0, 0.05) is 0 Å². The largest absolute Gasteiger partial charge is 0.508 e. The number of hydrazone groups is 1. The Hall–Kier alpha value is -3.15. The quantitative estimate of drug-likeness (QED) is 0.569. The van der Waals surface area contributed by atoms with Crippen LogP contribution >= 0.6 is 0 Å². The van der Waals surface area contributed by atoms with Crippen LogP contribution in [-0.4, -0.2) is 26.8 Å². The third-order valence-electron chi connectivity index (χ3n) is 3.11. The number of carbonyl (C=O) groups is 1. The Morgan fingerprint density at radius 1 is 1.27 bits per heavy atom. The van der Waals surface area contributed by atoms with Gasteiger partial charge < -0.3 is 9.67 Å². The van der Waals surface area contributed by atoms with E-state index in [-0.39, 0.29) is 18.2 Å². The highest BCUT2D eigenvalue weighted by Gasteiger charge is 2.05. The van der Waals surface area contributed by atoms with E-state index in [0.29, 0.717) is 5.56 Å². The van der Waals surface area contributed by atoms with Crippen LogP contribution in [0.4, 0.5) is 0 Å². The first-order valence-corrected chi connectivity index (χ1v) is 6.73. The van der Waals surface area contributed by atoms with Crippen LogP contribution in [0.15, 0.2) is 60.0 Å². The second-order valence-corrected chi connectivity index (χ2v) is 4.75. The molecule has 22 heavy (non-hydrogen) atoms. The Balaban J connectivity index is 1.63. The van der Waals surface area contributed by atoms with Crippen LogP contribution in [0.3, 0.4) is 0 Å². The van der Waals surface area contributed by atoms with E-state index in [1.807, 2.05) is 24.3 Å². The topological polar surface area (TPSA) is 79.5 Å². The number of phenols is 1. The molecule has 0 unspecified atom stereocenters. The number of imidazole rings is 1. The molecule has 6 heteroatoms. The van der Waals surface area contributed by atoms with Crippen molar-refractivity contribution in [3.8, 4) is 5.75 Å². The molecular formula is C16H14N4O2. The smallest absolute Gasteiger partial charge is 0.260 e. The molecule has 2 N–H and O–H groups in total. The van der Waals surface area contributed by atoms with Gasteiger partial charge in [-0.25, -0.2) is 10.4 Å². The number of para-hydroxylation sites is 2. The Morgan fingerprint density at radius 2 is 2.14 bits per heavy atom. The highest BCUT2D eigenvalue weighted by molar-refractivity contribution is 5.83. The molecule has 0 bridgehead atoms. The van der Waals surface area contributed by atoms with E-state index < -0.39 is 0 Å². The molecule has 1 heterocycles. The van der Waals surface area contributed by atoms with Gasteiger partial charge >= 0.3 is 0 Å². The third kappa shape index (κ3) is 3.12. The molecule has 0 fully saturated rings. The number of aromatic nitrogens is 2. The number of fused-ring (bicyclic) bond motifs is 1. The lowest BCUT2D eigenvalue weighted by atomic mass is 10.2. The highest BCUT2D eigenvalue weighted by atomic mass is 16.3. The number of rotatable bonds is 4. The van der Waals surface area contributed by atoms with Crippen LogP contribution in [0.5, 0.6) is 5.75 Å². The molecule has 0 aliphatic heterocycles. The van der Waals surface area contributed by atoms with Crippen LogP contribution in [0.2, 0.25) is 0 Å². The summed E-state index contributed by atoms with van der Waals surface area (Å²) in [6, 6.07) is 14.2. The second kappa shape index (κ2) is 6.09.